The molecule has 1 unspecified atom stereocenters. The maximum absolute atomic E-state index is 11.4. The zero-order chi connectivity index (χ0) is 10.6. The molecule has 0 aliphatic carbocycles. The Balaban J connectivity index is 2.14. The Labute approximate surface area is 85.8 Å². The Morgan fingerprint density at radius 1 is 1.50 bits per heavy atom. The topological polar surface area (TPSA) is 53.2 Å². The van der Waals surface area contributed by atoms with E-state index in [-0.39, 0.29) is 11.4 Å². The van der Waals surface area contributed by atoms with Crippen molar-refractivity contribution in [3.05, 3.63) is 0 Å². The second-order valence-electron chi connectivity index (χ2n) is 4.87. The van der Waals surface area contributed by atoms with Gasteiger partial charge in [-0.25, -0.2) is 0 Å². The van der Waals surface area contributed by atoms with Gasteiger partial charge in [-0.1, -0.05) is 0 Å². The van der Waals surface area contributed by atoms with Crippen LogP contribution in [-0.2, 0) is 4.79 Å². The van der Waals surface area contributed by atoms with Crippen LogP contribution in [0.1, 0.15) is 27.2 Å². The molecule has 3 N–H and O–H groups in total. The lowest BCUT2D eigenvalue weighted by atomic mass is 10.1. The highest BCUT2D eigenvalue weighted by atomic mass is 16.2. The number of carbonyl (C=O) groups is 1. The van der Waals surface area contributed by atoms with E-state index in [4.69, 9.17) is 0 Å². The minimum Gasteiger partial charge on any atom is -0.350 e. The fourth-order valence-electron chi connectivity index (χ4n) is 1.53. The third-order valence-corrected chi connectivity index (χ3v) is 2.13. The summed E-state index contributed by atoms with van der Waals surface area (Å²) < 4.78 is 0. The highest BCUT2D eigenvalue weighted by molar-refractivity contribution is 5.78. The van der Waals surface area contributed by atoms with E-state index >= 15 is 0 Å². The molecule has 4 heteroatoms. The smallest absolute Gasteiger partial charge is 0.234 e. The Bertz CT molecular complexity index is 192. The molecule has 0 saturated carbocycles. The molecule has 1 atom stereocenters. The minimum atomic E-state index is -0.132. The number of hydrogen-bond donors (Lipinski definition) is 3. The predicted molar refractivity (Wildman–Crippen MR) is 57.2 cm³/mol. The lowest BCUT2D eigenvalue weighted by molar-refractivity contribution is -0.121. The number of rotatable bonds is 3. The first-order chi connectivity index (χ1) is 6.47. The third-order valence-electron chi connectivity index (χ3n) is 2.13. The summed E-state index contributed by atoms with van der Waals surface area (Å²) in [4.78, 5) is 11.4. The zero-order valence-electron chi connectivity index (χ0n) is 9.31. The fraction of sp³-hybridized carbons (Fsp3) is 0.900. The van der Waals surface area contributed by atoms with E-state index in [2.05, 4.69) is 16.0 Å². The summed E-state index contributed by atoms with van der Waals surface area (Å²) in [6, 6.07) is 0.459. The second kappa shape index (κ2) is 4.75. The van der Waals surface area contributed by atoms with Crippen LogP contribution in [0.25, 0.3) is 0 Å². The minimum absolute atomic E-state index is 0.0735. The van der Waals surface area contributed by atoms with Crippen LogP contribution in [0.15, 0.2) is 0 Å². The standard InChI is InChI=1S/C10H21N3O/c1-10(2,3)13-9(14)7-12-8-4-5-11-6-8/h8,11-12H,4-7H2,1-3H3,(H,13,14). The average molecular weight is 199 g/mol. The largest absolute Gasteiger partial charge is 0.350 e. The van der Waals surface area contributed by atoms with Gasteiger partial charge in [0.05, 0.1) is 6.54 Å². The molecule has 1 saturated heterocycles. The van der Waals surface area contributed by atoms with Crippen molar-refractivity contribution in [2.75, 3.05) is 19.6 Å². The van der Waals surface area contributed by atoms with E-state index in [1.807, 2.05) is 20.8 Å². The Morgan fingerprint density at radius 3 is 2.71 bits per heavy atom. The Hall–Kier alpha value is -0.610. The lowest BCUT2D eigenvalue weighted by Gasteiger charge is -2.21. The van der Waals surface area contributed by atoms with Crippen molar-refractivity contribution in [3.8, 4) is 0 Å². The molecule has 0 aromatic rings. The molecule has 82 valence electrons. The molecular formula is C10H21N3O. The van der Waals surface area contributed by atoms with Crippen LogP contribution in [-0.4, -0.2) is 37.1 Å². The molecule has 1 amide bonds. The first-order valence-electron chi connectivity index (χ1n) is 5.22. The molecule has 1 aliphatic rings. The van der Waals surface area contributed by atoms with Gasteiger partial charge in [0, 0.05) is 18.1 Å². The lowest BCUT2D eigenvalue weighted by Crippen LogP contribution is -2.47. The van der Waals surface area contributed by atoms with Gasteiger partial charge in [0.15, 0.2) is 0 Å². The van der Waals surface area contributed by atoms with E-state index < -0.39 is 0 Å². The van der Waals surface area contributed by atoms with Crippen LogP contribution < -0.4 is 16.0 Å². The molecule has 0 bridgehead atoms. The first kappa shape index (κ1) is 11.5. The molecule has 14 heavy (non-hydrogen) atoms. The van der Waals surface area contributed by atoms with Gasteiger partial charge < -0.3 is 16.0 Å². The third kappa shape index (κ3) is 4.58. The van der Waals surface area contributed by atoms with Crippen LogP contribution in [0.4, 0.5) is 0 Å². The quantitative estimate of drug-likeness (QED) is 0.592. The van der Waals surface area contributed by atoms with Gasteiger partial charge in [-0.3, -0.25) is 4.79 Å². The highest BCUT2D eigenvalue weighted by Crippen LogP contribution is 1.98. The van der Waals surface area contributed by atoms with E-state index in [0.29, 0.717) is 12.6 Å². The molecule has 1 rings (SSSR count). The molecule has 0 aromatic carbocycles. The average Bonchev–Trinajstić information content (AvgIpc) is 2.49. The van der Waals surface area contributed by atoms with Crippen LogP contribution in [0.2, 0.25) is 0 Å². The zero-order valence-corrected chi connectivity index (χ0v) is 9.31. The summed E-state index contributed by atoms with van der Waals surface area (Å²) in [5.74, 6) is 0.0735. The Morgan fingerprint density at radius 2 is 2.21 bits per heavy atom. The van der Waals surface area contributed by atoms with Gasteiger partial charge in [0.2, 0.25) is 5.91 Å². The Kier molecular flexibility index (Phi) is 3.89. The molecule has 1 heterocycles. The molecule has 0 aromatic heterocycles. The number of carbonyl (C=O) groups excluding carboxylic acids is 1. The molecule has 0 radical (unpaired) electrons. The molecule has 0 spiro atoms. The summed E-state index contributed by atoms with van der Waals surface area (Å²) in [6.07, 6.45) is 1.11. The van der Waals surface area contributed by atoms with Crippen molar-refractivity contribution in [1.29, 1.82) is 0 Å². The summed E-state index contributed by atoms with van der Waals surface area (Å²) in [5.41, 5.74) is -0.132. The van der Waals surface area contributed by atoms with Crippen molar-refractivity contribution < 1.29 is 4.79 Å². The summed E-state index contributed by atoms with van der Waals surface area (Å²) in [7, 11) is 0. The second-order valence-corrected chi connectivity index (χ2v) is 4.87. The summed E-state index contributed by atoms with van der Waals surface area (Å²) >= 11 is 0. The van der Waals surface area contributed by atoms with Gasteiger partial charge >= 0.3 is 0 Å². The van der Waals surface area contributed by atoms with Crippen LogP contribution in [0, 0.1) is 0 Å². The van der Waals surface area contributed by atoms with Crippen LogP contribution in [0.5, 0.6) is 0 Å². The molecule has 4 nitrogen and oxygen atoms in total. The molecule has 1 fully saturated rings. The van der Waals surface area contributed by atoms with Crippen LogP contribution >= 0.6 is 0 Å². The number of nitrogens with one attached hydrogen (secondary N) is 3. The first-order valence-corrected chi connectivity index (χ1v) is 5.22. The van der Waals surface area contributed by atoms with Crippen molar-refractivity contribution in [3.63, 3.8) is 0 Å². The summed E-state index contributed by atoms with van der Waals surface area (Å²) in [6.45, 7) is 8.41. The van der Waals surface area contributed by atoms with E-state index in [1.165, 1.54) is 0 Å². The summed E-state index contributed by atoms with van der Waals surface area (Å²) in [5, 5.41) is 9.40. The van der Waals surface area contributed by atoms with Gasteiger partial charge in [0.25, 0.3) is 0 Å². The van der Waals surface area contributed by atoms with Crippen molar-refractivity contribution in [2.24, 2.45) is 0 Å². The van der Waals surface area contributed by atoms with E-state index in [9.17, 15) is 4.79 Å². The van der Waals surface area contributed by atoms with Crippen molar-refractivity contribution in [2.45, 2.75) is 38.8 Å². The predicted octanol–water partition coefficient (Wildman–Crippen LogP) is -0.147. The van der Waals surface area contributed by atoms with Crippen molar-refractivity contribution >= 4 is 5.91 Å². The van der Waals surface area contributed by atoms with Gasteiger partial charge in [-0.05, 0) is 33.7 Å². The van der Waals surface area contributed by atoms with Crippen LogP contribution in [0.3, 0.4) is 0 Å². The van der Waals surface area contributed by atoms with E-state index in [0.717, 1.165) is 19.5 Å². The van der Waals surface area contributed by atoms with Gasteiger partial charge in [0.1, 0.15) is 0 Å². The van der Waals surface area contributed by atoms with Gasteiger partial charge in [-0.2, -0.15) is 0 Å². The normalized spacial score (nSPS) is 22.4. The molecular weight excluding hydrogens is 178 g/mol. The number of hydrogen-bond acceptors (Lipinski definition) is 3. The highest BCUT2D eigenvalue weighted by Gasteiger charge is 2.17. The fourth-order valence-corrected chi connectivity index (χ4v) is 1.53. The van der Waals surface area contributed by atoms with Crippen molar-refractivity contribution in [1.82, 2.24) is 16.0 Å². The van der Waals surface area contributed by atoms with E-state index in [1.54, 1.807) is 0 Å². The maximum Gasteiger partial charge on any atom is 0.234 e. The monoisotopic (exact) mass is 199 g/mol. The SMILES string of the molecule is CC(C)(C)NC(=O)CNC1CCNC1. The maximum atomic E-state index is 11.4. The number of amides is 1. The van der Waals surface area contributed by atoms with Gasteiger partial charge in [-0.15, -0.1) is 0 Å². The molecule has 1 aliphatic heterocycles.